The zero-order chi connectivity index (χ0) is 8.54. The predicted octanol–water partition coefficient (Wildman–Crippen LogP) is 1.41. The molecule has 1 saturated heterocycles. The second-order valence-electron chi connectivity index (χ2n) is 4.73. The average molecular weight is 157 g/mol. The van der Waals surface area contributed by atoms with E-state index >= 15 is 0 Å². The zero-order valence-corrected chi connectivity index (χ0v) is 8.03. The molecule has 0 aromatic rings. The van der Waals surface area contributed by atoms with E-state index in [0.717, 1.165) is 19.5 Å². The van der Waals surface area contributed by atoms with Crippen molar-refractivity contribution in [2.75, 3.05) is 20.2 Å². The molecule has 0 aliphatic carbocycles. The van der Waals surface area contributed by atoms with E-state index in [1.807, 2.05) is 7.11 Å². The average Bonchev–Trinajstić information content (AvgIpc) is 1.77. The van der Waals surface area contributed by atoms with E-state index in [4.69, 9.17) is 4.74 Å². The molecule has 1 fully saturated rings. The lowest BCUT2D eigenvalue weighted by atomic mass is 9.78. The van der Waals surface area contributed by atoms with Gasteiger partial charge in [-0.25, -0.2) is 0 Å². The van der Waals surface area contributed by atoms with Gasteiger partial charge in [0.05, 0.1) is 5.60 Å². The van der Waals surface area contributed by atoms with Gasteiger partial charge in [-0.3, -0.25) is 0 Å². The molecule has 0 aromatic heterocycles. The van der Waals surface area contributed by atoms with E-state index in [9.17, 15) is 0 Å². The van der Waals surface area contributed by atoms with Gasteiger partial charge in [0.15, 0.2) is 0 Å². The number of hydrogen-bond donors (Lipinski definition) is 1. The second kappa shape index (κ2) is 2.76. The molecular formula is C9H19NO. The van der Waals surface area contributed by atoms with Crippen LogP contribution in [-0.2, 0) is 4.74 Å². The van der Waals surface area contributed by atoms with E-state index < -0.39 is 0 Å². The Bertz CT molecular complexity index is 127. The summed E-state index contributed by atoms with van der Waals surface area (Å²) < 4.78 is 5.49. The fourth-order valence-corrected chi connectivity index (χ4v) is 1.71. The lowest BCUT2D eigenvalue weighted by molar-refractivity contribution is -0.0764. The van der Waals surface area contributed by atoms with Crippen LogP contribution in [0.25, 0.3) is 0 Å². The maximum atomic E-state index is 5.49. The normalized spacial score (nSPS) is 22.9. The topological polar surface area (TPSA) is 21.3 Å². The fraction of sp³-hybridized carbons (Fsp3) is 1.00. The Labute approximate surface area is 69.3 Å². The first kappa shape index (κ1) is 9.01. The molecule has 1 rings (SSSR count). The van der Waals surface area contributed by atoms with Gasteiger partial charge in [-0.15, -0.1) is 0 Å². The smallest absolute Gasteiger partial charge is 0.0930 e. The number of rotatable bonds is 2. The van der Waals surface area contributed by atoms with Gasteiger partial charge in [0.2, 0.25) is 0 Å². The first-order chi connectivity index (χ1) is 4.97. The SMILES string of the molecule is COC1(CC(C)(C)C)CNC1. The number of methoxy groups -OCH3 is 1. The van der Waals surface area contributed by atoms with Crippen LogP contribution in [0.5, 0.6) is 0 Å². The number of hydrogen-bond acceptors (Lipinski definition) is 2. The molecule has 0 radical (unpaired) electrons. The summed E-state index contributed by atoms with van der Waals surface area (Å²) in [4.78, 5) is 0. The van der Waals surface area contributed by atoms with Crippen LogP contribution in [-0.4, -0.2) is 25.8 Å². The Morgan fingerprint density at radius 3 is 2.00 bits per heavy atom. The highest BCUT2D eigenvalue weighted by Gasteiger charge is 2.39. The van der Waals surface area contributed by atoms with E-state index in [0.29, 0.717) is 5.41 Å². The molecule has 0 aromatic carbocycles. The monoisotopic (exact) mass is 157 g/mol. The lowest BCUT2D eigenvalue weighted by Gasteiger charge is -2.45. The van der Waals surface area contributed by atoms with Crippen molar-refractivity contribution in [2.45, 2.75) is 32.8 Å². The summed E-state index contributed by atoms with van der Waals surface area (Å²) in [6.07, 6.45) is 1.14. The summed E-state index contributed by atoms with van der Waals surface area (Å²) in [6, 6.07) is 0. The maximum Gasteiger partial charge on any atom is 0.0930 e. The van der Waals surface area contributed by atoms with Crippen LogP contribution in [0.3, 0.4) is 0 Å². The Hall–Kier alpha value is -0.0800. The molecule has 0 bridgehead atoms. The second-order valence-corrected chi connectivity index (χ2v) is 4.73. The van der Waals surface area contributed by atoms with Crippen LogP contribution in [0.15, 0.2) is 0 Å². The van der Waals surface area contributed by atoms with Gasteiger partial charge in [0.25, 0.3) is 0 Å². The van der Waals surface area contributed by atoms with Gasteiger partial charge in [-0.2, -0.15) is 0 Å². The molecular weight excluding hydrogens is 138 g/mol. The van der Waals surface area contributed by atoms with Crippen LogP contribution < -0.4 is 5.32 Å². The van der Waals surface area contributed by atoms with Crippen LogP contribution in [0.2, 0.25) is 0 Å². The van der Waals surface area contributed by atoms with Crippen molar-refractivity contribution in [3.63, 3.8) is 0 Å². The van der Waals surface area contributed by atoms with E-state index in [1.165, 1.54) is 0 Å². The van der Waals surface area contributed by atoms with Crippen molar-refractivity contribution in [1.82, 2.24) is 5.32 Å². The van der Waals surface area contributed by atoms with Crippen molar-refractivity contribution in [1.29, 1.82) is 0 Å². The van der Waals surface area contributed by atoms with Crippen molar-refractivity contribution >= 4 is 0 Å². The summed E-state index contributed by atoms with van der Waals surface area (Å²) in [5.41, 5.74) is 0.510. The minimum atomic E-state index is 0.137. The van der Waals surface area contributed by atoms with Crippen LogP contribution in [0.4, 0.5) is 0 Å². The highest BCUT2D eigenvalue weighted by atomic mass is 16.5. The fourth-order valence-electron chi connectivity index (χ4n) is 1.71. The molecule has 1 N–H and O–H groups in total. The van der Waals surface area contributed by atoms with Crippen LogP contribution >= 0.6 is 0 Å². The van der Waals surface area contributed by atoms with Crippen molar-refractivity contribution in [3.05, 3.63) is 0 Å². The first-order valence-electron chi connectivity index (χ1n) is 4.23. The Morgan fingerprint density at radius 2 is 1.91 bits per heavy atom. The third-order valence-electron chi connectivity index (χ3n) is 2.18. The molecule has 2 heteroatoms. The molecule has 0 unspecified atom stereocenters. The molecule has 0 saturated carbocycles. The molecule has 0 spiro atoms. The third kappa shape index (κ3) is 2.17. The molecule has 2 nitrogen and oxygen atoms in total. The zero-order valence-electron chi connectivity index (χ0n) is 8.03. The van der Waals surface area contributed by atoms with E-state index in [-0.39, 0.29) is 5.60 Å². The predicted molar refractivity (Wildman–Crippen MR) is 46.7 cm³/mol. The Kier molecular flexibility index (Phi) is 2.26. The summed E-state index contributed by atoms with van der Waals surface area (Å²) in [7, 11) is 1.81. The third-order valence-corrected chi connectivity index (χ3v) is 2.18. The van der Waals surface area contributed by atoms with Gasteiger partial charge in [-0.1, -0.05) is 20.8 Å². The van der Waals surface area contributed by atoms with Gasteiger partial charge in [0.1, 0.15) is 0 Å². The van der Waals surface area contributed by atoms with Crippen molar-refractivity contribution in [2.24, 2.45) is 5.41 Å². The van der Waals surface area contributed by atoms with Gasteiger partial charge >= 0.3 is 0 Å². The van der Waals surface area contributed by atoms with Crippen LogP contribution in [0.1, 0.15) is 27.2 Å². The summed E-state index contributed by atoms with van der Waals surface area (Å²) in [6.45, 7) is 8.80. The maximum absolute atomic E-state index is 5.49. The standard InChI is InChI=1S/C9H19NO/c1-8(2,3)5-9(11-4)6-10-7-9/h10H,5-7H2,1-4H3. The Morgan fingerprint density at radius 1 is 1.36 bits per heavy atom. The lowest BCUT2D eigenvalue weighted by Crippen LogP contribution is -2.61. The summed E-state index contributed by atoms with van der Waals surface area (Å²) >= 11 is 0. The van der Waals surface area contributed by atoms with E-state index in [1.54, 1.807) is 0 Å². The van der Waals surface area contributed by atoms with Gasteiger partial charge in [0, 0.05) is 20.2 Å². The Balaban J connectivity index is 2.45. The molecule has 1 heterocycles. The number of nitrogens with one attached hydrogen (secondary N) is 1. The highest BCUT2D eigenvalue weighted by Crippen LogP contribution is 2.31. The van der Waals surface area contributed by atoms with Crippen molar-refractivity contribution in [3.8, 4) is 0 Å². The highest BCUT2D eigenvalue weighted by molar-refractivity contribution is 4.96. The largest absolute Gasteiger partial charge is 0.376 e. The van der Waals surface area contributed by atoms with Gasteiger partial charge in [-0.05, 0) is 11.8 Å². The van der Waals surface area contributed by atoms with Crippen molar-refractivity contribution < 1.29 is 4.74 Å². The minimum absolute atomic E-state index is 0.137. The molecule has 1 aliphatic heterocycles. The van der Waals surface area contributed by atoms with Crippen LogP contribution in [0, 0.1) is 5.41 Å². The summed E-state index contributed by atoms with van der Waals surface area (Å²) in [5.74, 6) is 0. The molecule has 11 heavy (non-hydrogen) atoms. The molecule has 1 aliphatic rings. The van der Waals surface area contributed by atoms with E-state index in [2.05, 4.69) is 26.1 Å². The first-order valence-corrected chi connectivity index (χ1v) is 4.23. The minimum Gasteiger partial charge on any atom is -0.376 e. The van der Waals surface area contributed by atoms with Gasteiger partial charge < -0.3 is 10.1 Å². The molecule has 66 valence electrons. The number of ether oxygens (including phenoxy) is 1. The molecule has 0 amide bonds. The molecule has 0 atom stereocenters. The summed E-state index contributed by atoms with van der Waals surface area (Å²) in [5, 5.41) is 3.25. The quantitative estimate of drug-likeness (QED) is 0.654.